The van der Waals surface area contributed by atoms with Gasteiger partial charge in [-0.1, -0.05) is 71.1 Å². The van der Waals surface area contributed by atoms with Gasteiger partial charge in [-0.15, -0.1) is 0 Å². The number of aldehydes is 1. The molecule has 0 heterocycles. The lowest BCUT2D eigenvalue weighted by Crippen LogP contribution is -2.20. The van der Waals surface area contributed by atoms with Crippen molar-refractivity contribution < 1.29 is 14.7 Å². The smallest absolute Gasteiger partial charge is 0.136 e. The lowest BCUT2D eigenvalue weighted by molar-refractivity contribution is -0.123. The number of ketones is 1. The average molecular weight is 375 g/mol. The Labute approximate surface area is 165 Å². The molecule has 1 aliphatic rings. The fourth-order valence-electron chi connectivity index (χ4n) is 4.05. The molecule has 0 aliphatic heterocycles. The maximum Gasteiger partial charge on any atom is 0.136 e. The van der Waals surface area contributed by atoms with E-state index >= 15 is 0 Å². The fourth-order valence-corrected chi connectivity index (χ4v) is 4.05. The molecule has 0 saturated heterocycles. The summed E-state index contributed by atoms with van der Waals surface area (Å²) in [6.45, 7) is 7.87. The van der Waals surface area contributed by atoms with E-state index in [0.717, 1.165) is 37.5 Å². The Morgan fingerprint density at radius 2 is 1.89 bits per heavy atom. The van der Waals surface area contributed by atoms with Crippen LogP contribution in [0.25, 0.3) is 0 Å². The Kier molecular flexibility index (Phi) is 11.2. The van der Waals surface area contributed by atoms with E-state index in [0.29, 0.717) is 12.2 Å². The Hall–Kier alpha value is -1.48. The van der Waals surface area contributed by atoms with Crippen molar-refractivity contribution in [3.8, 4) is 0 Å². The predicted molar refractivity (Wildman–Crippen MR) is 112 cm³/mol. The monoisotopic (exact) mass is 374 g/mol. The predicted octanol–water partition coefficient (Wildman–Crippen LogP) is 5.93. The second-order valence-electron chi connectivity index (χ2n) is 7.67. The van der Waals surface area contributed by atoms with Crippen molar-refractivity contribution >= 4 is 12.1 Å². The molecule has 0 amide bonds. The van der Waals surface area contributed by atoms with Crippen LogP contribution >= 0.6 is 0 Å². The van der Waals surface area contributed by atoms with Gasteiger partial charge in [0, 0.05) is 12.3 Å². The van der Waals surface area contributed by atoms with Crippen molar-refractivity contribution in [1.82, 2.24) is 0 Å². The Morgan fingerprint density at radius 1 is 1.22 bits per heavy atom. The molecule has 2 unspecified atom stereocenters. The number of Topliss-reactive ketones (excluding diaryl/α,β-unsaturated/α-hetero) is 1. The maximum atomic E-state index is 12.5. The molecular weight excluding hydrogens is 336 g/mol. The number of aliphatic hydroxyl groups excluding tert-OH is 1. The van der Waals surface area contributed by atoms with Gasteiger partial charge in [-0.2, -0.15) is 0 Å². The molecule has 1 aromatic rings. The van der Waals surface area contributed by atoms with Gasteiger partial charge in [-0.25, -0.2) is 0 Å². The molecule has 0 spiro atoms. The standard InChI is InChI=1S/C22H34O2.C2H4O/c1-4-6-7-8-9-10-19(21(23)5-2)16(3)17-11-13-20-18(15-17)12-14-22(20)24;1-2-3/h11,13,15-16,19,22,24H,4-10,12,14H2,1-3H3;2H,1H3/t16?,19-,22?;/m1./s1. The minimum Gasteiger partial charge on any atom is -0.388 e. The molecule has 3 nitrogen and oxygen atoms in total. The van der Waals surface area contributed by atoms with Crippen LogP contribution in [0.2, 0.25) is 0 Å². The third kappa shape index (κ3) is 7.21. The second kappa shape index (κ2) is 12.8. The molecular formula is C24H38O3. The molecule has 3 atom stereocenters. The van der Waals surface area contributed by atoms with Gasteiger partial charge < -0.3 is 9.90 Å². The third-order valence-corrected chi connectivity index (χ3v) is 5.72. The van der Waals surface area contributed by atoms with Crippen LogP contribution in [0.4, 0.5) is 0 Å². The van der Waals surface area contributed by atoms with Crippen molar-refractivity contribution in [2.24, 2.45) is 5.92 Å². The van der Waals surface area contributed by atoms with Crippen molar-refractivity contribution in [3.05, 3.63) is 34.9 Å². The van der Waals surface area contributed by atoms with Crippen LogP contribution in [0.15, 0.2) is 18.2 Å². The highest BCUT2D eigenvalue weighted by atomic mass is 16.3. The molecule has 1 aromatic carbocycles. The van der Waals surface area contributed by atoms with Gasteiger partial charge in [0.15, 0.2) is 0 Å². The summed E-state index contributed by atoms with van der Waals surface area (Å²) in [4.78, 5) is 21.3. The summed E-state index contributed by atoms with van der Waals surface area (Å²) in [5, 5.41) is 9.98. The largest absolute Gasteiger partial charge is 0.388 e. The molecule has 0 fully saturated rings. The highest BCUT2D eigenvalue weighted by Gasteiger charge is 2.27. The zero-order valence-electron chi connectivity index (χ0n) is 17.7. The number of unbranched alkanes of at least 4 members (excludes halogenated alkanes) is 4. The maximum absolute atomic E-state index is 12.5. The van der Waals surface area contributed by atoms with Gasteiger partial charge in [0.05, 0.1) is 6.10 Å². The third-order valence-electron chi connectivity index (χ3n) is 5.72. The lowest BCUT2D eigenvalue weighted by atomic mass is 9.80. The van der Waals surface area contributed by atoms with Gasteiger partial charge in [-0.05, 0) is 48.8 Å². The minimum atomic E-state index is -0.295. The Balaban J connectivity index is 0.00000114. The van der Waals surface area contributed by atoms with Crippen LogP contribution in [-0.4, -0.2) is 17.2 Å². The molecule has 0 bridgehead atoms. The molecule has 3 heteroatoms. The van der Waals surface area contributed by atoms with Crippen LogP contribution in [0.5, 0.6) is 0 Å². The molecule has 0 radical (unpaired) electrons. The first kappa shape index (κ1) is 23.6. The summed E-state index contributed by atoms with van der Waals surface area (Å²) >= 11 is 0. The normalized spacial score (nSPS) is 17.4. The quantitative estimate of drug-likeness (QED) is 0.408. The lowest BCUT2D eigenvalue weighted by Gasteiger charge is -2.24. The van der Waals surface area contributed by atoms with Gasteiger partial charge in [-0.3, -0.25) is 4.79 Å². The highest BCUT2D eigenvalue weighted by molar-refractivity contribution is 5.81. The van der Waals surface area contributed by atoms with E-state index in [-0.39, 0.29) is 17.9 Å². The van der Waals surface area contributed by atoms with Crippen LogP contribution in [0, 0.1) is 5.92 Å². The van der Waals surface area contributed by atoms with E-state index in [9.17, 15) is 9.90 Å². The van der Waals surface area contributed by atoms with Crippen molar-refractivity contribution in [3.63, 3.8) is 0 Å². The molecule has 0 saturated carbocycles. The van der Waals surface area contributed by atoms with E-state index in [1.807, 2.05) is 6.92 Å². The van der Waals surface area contributed by atoms with Crippen molar-refractivity contribution in [2.75, 3.05) is 0 Å². The highest BCUT2D eigenvalue weighted by Crippen LogP contribution is 2.36. The number of aryl methyl sites for hydroxylation is 1. The Bertz CT molecular complexity index is 579. The van der Waals surface area contributed by atoms with Gasteiger partial charge >= 0.3 is 0 Å². The van der Waals surface area contributed by atoms with Crippen LogP contribution in [0.1, 0.15) is 108 Å². The topological polar surface area (TPSA) is 54.4 Å². The first-order valence-corrected chi connectivity index (χ1v) is 10.7. The summed E-state index contributed by atoms with van der Waals surface area (Å²) < 4.78 is 0. The summed E-state index contributed by atoms with van der Waals surface area (Å²) in [5.41, 5.74) is 3.63. The summed E-state index contributed by atoms with van der Waals surface area (Å²) in [6, 6.07) is 6.45. The second-order valence-corrected chi connectivity index (χ2v) is 7.67. The molecule has 1 N–H and O–H groups in total. The molecule has 0 aromatic heterocycles. The SMILES string of the molecule is CC=O.CCCCCCC[C@@H](C(=O)CC)C(C)c1ccc2c(c1)CCC2O. The van der Waals surface area contributed by atoms with Crippen LogP contribution < -0.4 is 0 Å². The summed E-state index contributed by atoms with van der Waals surface area (Å²) in [5.74, 6) is 0.811. The number of carbonyl (C=O) groups excluding carboxylic acids is 2. The number of fused-ring (bicyclic) bond motifs is 1. The van der Waals surface area contributed by atoms with E-state index < -0.39 is 0 Å². The Morgan fingerprint density at radius 3 is 2.52 bits per heavy atom. The van der Waals surface area contributed by atoms with E-state index in [1.54, 1.807) is 0 Å². The van der Waals surface area contributed by atoms with E-state index in [4.69, 9.17) is 4.79 Å². The molecule has 152 valence electrons. The fraction of sp³-hybridized carbons (Fsp3) is 0.667. The molecule has 27 heavy (non-hydrogen) atoms. The first-order valence-electron chi connectivity index (χ1n) is 10.7. The summed E-state index contributed by atoms with van der Waals surface area (Å²) in [7, 11) is 0. The van der Waals surface area contributed by atoms with Crippen molar-refractivity contribution in [1.29, 1.82) is 0 Å². The average Bonchev–Trinajstić information content (AvgIpc) is 3.04. The zero-order chi connectivity index (χ0) is 20.2. The number of rotatable bonds is 10. The number of carbonyl (C=O) groups is 2. The first-order chi connectivity index (χ1) is 13.0. The number of hydrogen-bond donors (Lipinski definition) is 1. The van der Waals surface area contributed by atoms with Gasteiger partial charge in [0.25, 0.3) is 0 Å². The van der Waals surface area contributed by atoms with Crippen LogP contribution in [-0.2, 0) is 16.0 Å². The van der Waals surface area contributed by atoms with E-state index in [1.165, 1.54) is 43.7 Å². The van der Waals surface area contributed by atoms with Crippen LogP contribution in [0.3, 0.4) is 0 Å². The number of hydrogen-bond acceptors (Lipinski definition) is 3. The number of aliphatic hydroxyl groups is 1. The van der Waals surface area contributed by atoms with Crippen molar-refractivity contribution in [2.45, 2.75) is 97.5 Å². The van der Waals surface area contributed by atoms with E-state index in [2.05, 4.69) is 32.0 Å². The summed E-state index contributed by atoms with van der Waals surface area (Å²) in [6.07, 6.45) is 10.1. The van der Waals surface area contributed by atoms with Gasteiger partial charge in [0.2, 0.25) is 0 Å². The number of benzene rings is 1. The molecule has 2 rings (SSSR count). The zero-order valence-corrected chi connectivity index (χ0v) is 17.7. The minimum absolute atomic E-state index is 0.140. The van der Waals surface area contributed by atoms with Gasteiger partial charge in [0.1, 0.15) is 12.1 Å². The molecule has 1 aliphatic carbocycles.